The number of rotatable bonds is 6. The summed E-state index contributed by atoms with van der Waals surface area (Å²) in [5.41, 5.74) is 1.82. The van der Waals surface area contributed by atoms with Crippen molar-refractivity contribution in [3.05, 3.63) is 88.0 Å². The highest BCUT2D eigenvalue weighted by Crippen LogP contribution is 2.51. The van der Waals surface area contributed by atoms with E-state index >= 15 is 0 Å². The molecule has 184 valence electrons. The highest BCUT2D eigenvalue weighted by molar-refractivity contribution is 6.24. The first kappa shape index (κ1) is 23.3. The standard InChI is InChI=1S/C26H23N3O7/c1-15-9-11-16(12-10-15)27-25(30)22-23(18-13-20(34-2)21(35-3)14-19(18)29(32)33)28(36-24(22)26(27)31)17-7-5-4-6-8-17/h4-14,22-24H,1-3H3/t22-,23+,24+/m1/s1. The molecule has 2 saturated heterocycles. The quantitative estimate of drug-likeness (QED) is 0.291. The van der Waals surface area contributed by atoms with Gasteiger partial charge in [0.15, 0.2) is 17.6 Å². The van der Waals surface area contributed by atoms with E-state index in [-0.39, 0.29) is 22.7 Å². The summed E-state index contributed by atoms with van der Waals surface area (Å²) in [7, 11) is 2.80. The Bertz CT molecular complexity index is 1340. The number of carbonyl (C=O) groups excluding carboxylic acids is 2. The van der Waals surface area contributed by atoms with Crippen LogP contribution >= 0.6 is 0 Å². The number of anilines is 2. The molecule has 5 rings (SSSR count). The monoisotopic (exact) mass is 489 g/mol. The van der Waals surface area contributed by atoms with E-state index in [4.69, 9.17) is 14.3 Å². The Kier molecular flexibility index (Phi) is 5.81. The Balaban J connectivity index is 1.68. The van der Waals surface area contributed by atoms with Crippen molar-refractivity contribution in [3.8, 4) is 11.5 Å². The van der Waals surface area contributed by atoms with Gasteiger partial charge in [0.25, 0.3) is 11.6 Å². The largest absolute Gasteiger partial charge is 0.493 e. The predicted molar refractivity (Wildman–Crippen MR) is 130 cm³/mol. The summed E-state index contributed by atoms with van der Waals surface area (Å²) < 4.78 is 10.7. The lowest BCUT2D eigenvalue weighted by atomic mass is 9.89. The van der Waals surface area contributed by atoms with Gasteiger partial charge in [-0.05, 0) is 37.3 Å². The number of hydrogen-bond donors (Lipinski definition) is 0. The molecule has 0 N–H and O–H groups in total. The molecule has 2 aliphatic rings. The third kappa shape index (κ3) is 3.62. The van der Waals surface area contributed by atoms with Crippen molar-refractivity contribution in [2.75, 3.05) is 24.2 Å². The number of benzene rings is 3. The van der Waals surface area contributed by atoms with Crippen LogP contribution in [0.5, 0.6) is 11.5 Å². The Morgan fingerprint density at radius 3 is 2.14 bits per heavy atom. The summed E-state index contributed by atoms with van der Waals surface area (Å²) in [5, 5.41) is 13.5. The number of nitro benzene ring substituents is 1. The highest BCUT2D eigenvalue weighted by Gasteiger charge is 2.61. The number of methoxy groups -OCH3 is 2. The number of para-hydroxylation sites is 1. The van der Waals surface area contributed by atoms with Crippen molar-refractivity contribution in [2.45, 2.75) is 19.1 Å². The normalized spacial score (nSPS) is 21.0. The third-order valence-corrected chi connectivity index (χ3v) is 6.47. The number of aryl methyl sites for hydroxylation is 1. The molecule has 10 heteroatoms. The molecular formula is C26H23N3O7. The number of carbonyl (C=O) groups is 2. The number of imide groups is 1. The number of amides is 2. The molecule has 0 aromatic heterocycles. The zero-order valence-electron chi connectivity index (χ0n) is 19.8. The van der Waals surface area contributed by atoms with Crippen molar-refractivity contribution < 1.29 is 28.8 Å². The maximum atomic E-state index is 13.8. The van der Waals surface area contributed by atoms with Crippen LogP contribution in [0.2, 0.25) is 0 Å². The second-order valence-electron chi connectivity index (χ2n) is 8.53. The summed E-state index contributed by atoms with van der Waals surface area (Å²) in [6.45, 7) is 1.90. The molecular weight excluding hydrogens is 466 g/mol. The molecule has 0 spiro atoms. The Hall–Kier alpha value is -4.44. The Labute approximate surface area is 206 Å². The molecule has 3 atom stereocenters. The lowest BCUT2D eigenvalue weighted by molar-refractivity contribution is -0.385. The lowest BCUT2D eigenvalue weighted by Gasteiger charge is -2.29. The molecule has 36 heavy (non-hydrogen) atoms. The maximum absolute atomic E-state index is 13.8. The van der Waals surface area contributed by atoms with E-state index < -0.39 is 34.8 Å². The van der Waals surface area contributed by atoms with Gasteiger partial charge in [-0.2, -0.15) is 0 Å². The SMILES string of the molecule is COc1cc([C@H]2[C@H]3C(=O)N(c4ccc(C)cc4)C(=O)[C@H]3ON2c2ccccc2)c([N+](=O)[O-])cc1OC. The van der Waals surface area contributed by atoms with Gasteiger partial charge in [0.05, 0.1) is 42.1 Å². The summed E-state index contributed by atoms with van der Waals surface area (Å²) in [4.78, 5) is 46.0. The topological polar surface area (TPSA) is 111 Å². The van der Waals surface area contributed by atoms with Crippen LogP contribution in [0, 0.1) is 23.0 Å². The van der Waals surface area contributed by atoms with Crippen molar-refractivity contribution >= 4 is 28.9 Å². The van der Waals surface area contributed by atoms with Crippen LogP contribution in [0.15, 0.2) is 66.7 Å². The molecule has 0 aliphatic carbocycles. The molecule has 3 aromatic carbocycles. The van der Waals surface area contributed by atoms with Gasteiger partial charge < -0.3 is 9.47 Å². The highest BCUT2D eigenvalue weighted by atomic mass is 16.7. The van der Waals surface area contributed by atoms with Gasteiger partial charge in [-0.25, -0.2) is 9.96 Å². The summed E-state index contributed by atoms with van der Waals surface area (Å²) in [6.07, 6.45) is -1.16. The molecule has 10 nitrogen and oxygen atoms in total. The van der Waals surface area contributed by atoms with Gasteiger partial charge in [-0.15, -0.1) is 0 Å². The van der Waals surface area contributed by atoms with Crippen LogP contribution < -0.4 is 19.4 Å². The Morgan fingerprint density at radius 2 is 1.53 bits per heavy atom. The zero-order chi connectivity index (χ0) is 25.6. The van der Waals surface area contributed by atoms with Crippen LogP contribution in [-0.2, 0) is 14.4 Å². The van der Waals surface area contributed by atoms with E-state index in [0.29, 0.717) is 11.4 Å². The van der Waals surface area contributed by atoms with Crippen LogP contribution in [0.1, 0.15) is 17.2 Å². The minimum Gasteiger partial charge on any atom is -0.493 e. The number of hydrogen-bond acceptors (Lipinski definition) is 8. The summed E-state index contributed by atoms with van der Waals surface area (Å²) >= 11 is 0. The van der Waals surface area contributed by atoms with E-state index in [2.05, 4.69) is 0 Å². The predicted octanol–water partition coefficient (Wildman–Crippen LogP) is 3.97. The van der Waals surface area contributed by atoms with Crippen LogP contribution in [-0.4, -0.2) is 37.1 Å². The van der Waals surface area contributed by atoms with Gasteiger partial charge in [-0.3, -0.25) is 24.5 Å². The van der Waals surface area contributed by atoms with Crippen LogP contribution in [0.25, 0.3) is 0 Å². The molecule has 0 bridgehead atoms. The molecule has 2 aliphatic heterocycles. The fourth-order valence-corrected chi connectivity index (χ4v) is 4.76. The Morgan fingerprint density at radius 1 is 0.889 bits per heavy atom. The maximum Gasteiger partial charge on any atom is 0.278 e. The first-order valence-corrected chi connectivity index (χ1v) is 11.2. The average Bonchev–Trinajstić information content (AvgIpc) is 3.40. The van der Waals surface area contributed by atoms with Gasteiger partial charge in [0.2, 0.25) is 5.91 Å². The number of ether oxygens (including phenoxy) is 2. The van der Waals surface area contributed by atoms with Gasteiger partial charge in [0.1, 0.15) is 12.0 Å². The lowest BCUT2D eigenvalue weighted by Crippen LogP contribution is -2.37. The van der Waals surface area contributed by atoms with Gasteiger partial charge in [0, 0.05) is 0 Å². The molecule has 0 saturated carbocycles. The third-order valence-electron chi connectivity index (χ3n) is 6.47. The van der Waals surface area contributed by atoms with Crippen molar-refractivity contribution in [1.82, 2.24) is 0 Å². The molecule has 0 unspecified atom stereocenters. The van der Waals surface area contributed by atoms with E-state index in [1.807, 2.05) is 13.0 Å². The molecule has 0 radical (unpaired) electrons. The van der Waals surface area contributed by atoms with Crippen molar-refractivity contribution in [2.24, 2.45) is 5.92 Å². The van der Waals surface area contributed by atoms with Gasteiger partial charge >= 0.3 is 0 Å². The van der Waals surface area contributed by atoms with E-state index in [1.54, 1.807) is 48.5 Å². The smallest absolute Gasteiger partial charge is 0.278 e. The summed E-state index contributed by atoms with van der Waals surface area (Å²) in [6, 6.07) is 17.6. The van der Waals surface area contributed by atoms with E-state index in [9.17, 15) is 19.7 Å². The first-order valence-electron chi connectivity index (χ1n) is 11.2. The van der Waals surface area contributed by atoms with E-state index in [0.717, 1.165) is 10.5 Å². The molecule has 2 amide bonds. The minimum atomic E-state index is -1.16. The number of nitrogens with zero attached hydrogens (tertiary/aromatic N) is 3. The van der Waals surface area contributed by atoms with E-state index in [1.165, 1.54) is 31.4 Å². The van der Waals surface area contributed by atoms with Crippen LogP contribution in [0.3, 0.4) is 0 Å². The zero-order valence-corrected chi connectivity index (χ0v) is 19.8. The number of nitro groups is 1. The average molecular weight is 489 g/mol. The summed E-state index contributed by atoms with van der Waals surface area (Å²) in [5.74, 6) is -1.64. The molecule has 2 heterocycles. The second kappa shape index (κ2) is 8.97. The van der Waals surface area contributed by atoms with Crippen LogP contribution in [0.4, 0.5) is 17.1 Å². The first-order chi connectivity index (χ1) is 17.3. The fourth-order valence-electron chi connectivity index (χ4n) is 4.76. The fraction of sp³-hybridized carbons (Fsp3) is 0.231. The number of fused-ring (bicyclic) bond motifs is 1. The van der Waals surface area contributed by atoms with Crippen molar-refractivity contribution in [1.29, 1.82) is 0 Å². The van der Waals surface area contributed by atoms with Gasteiger partial charge in [-0.1, -0.05) is 35.9 Å². The minimum absolute atomic E-state index is 0.168. The second-order valence-corrected chi connectivity index (χ2v) is 8.53. The molecule has 2 fully saturated rings. The number of hydroxylamine groups is 1. The van der Waals surface area contributed by atoms with Crippen molar-refractivity contribution in [3.63, 3.8) is 0 Å². The molecule has 3 aromatic rings.